The van der Waals surface area contributed by atoms with Gasteiger partial charge in [0.15, 0.2) is 6.61 Å². The number of anilines is 1. The van der Waals surface area contributed by atoms with Crippen molar-refractivity contribution in [3.8, 4) is 5.75 Å². The molecular weight excluding hydrogens is 352 g/mol. The minimum atomic E-state index is -0.0778. The van der Waals surface area contributed by atoms with Crippen molar-refractivity contribution in [3.05, 3.63) is 71.5 Å². The number of rotatable bonds is 4. The molecule has 1 amide bonds. The molecule has 0 radical (unpaired) electrons. The van der Waals surface area contributed by atoms with E-state index < -0.39 is 0 Å². The van der Waals surface area contributed by atoms with Gasteiger partial charge in [-0.15, -0.1) is 5.10 Å². The van der Waals surface area contributed by atoms with Gasteiger partial charge in [-0.05, 0) is 28.7 Å². The number of aromatic nitrogens is 3. The van der Waals surface area contributed by atoms with E-state index >= 15 is 0 Å². The van der Waals surface area contributed by atoms with Crippen LogP contribution in [0, 0.1) is 0 Å². The predicted octanol–water partition coefficient (Wildman–Crippen LogP) is 3.55. The van der Waals surface area contributed by atoms with Gasteiger partial charge in [0.2, 0.25) is 0 Å². The Morgan fingerprint density at radius 1 is 1.04 bits per heavy atom. The van der Waals surface area contributed by atoms with E-state index in [2.05, 4.69) is 55.3 Å². The van der Waals surface area contributed by atoms with Gasteiger partial charge >= 0.3 is 0 Å². The van der Waals surface area contributed by atoms with Gasteiger partial charge in [0, 0.05) is 0 Å². The largest absolute Gasteiger partial charge is 0.482 e. The van der Waals surface area contributed by atoms with Crippen LogP contribution < -0.4 is 9.64 Å². The van der Waals surface area contributed by atoms with E-state index in [1.165, 1.54) is 5.56 Å². The molecule has 144 valence electrons. The number of benzene rings is 2. The smallest absolute Gasteiger partial charge is 0.265 e. The van der Waals surface area contributed by atoms with Crippen LogP contribution in [-0.4, -0.2) is 27.5 Å². The highest BCUT2D eigenvalue weighted by molar-refractivity contribution is 5.97. The van der Waals surface area contributed by atoms with E-state index in [-0.39, 0.29) is 17.9 Å². The molecule has 6 nitrogen and oxygen atoms in total. The summed E-state index contributed by atoms with van der Waals surface area (Å²) >= 11 is 0. The summed E-state index contributed by atoms with van der Waals surface area (Å²) in [5, 5.41) is 8.48. The minimum Gasteiger partial charge on any atom is -0.482 e. The Bertz CT molecular complexity index is 986. The monoisotopic (exact) mass is 376 g/mol. The van der Waals surface area contributed by atoms with E-state index in [1.807, 2.05) is 30.5 Å². The summed E-state index contributed by atoms with van der Waals surface area (Å²) in [6.07, 6.45) is 1.89. The zero-order valence-corrected chi connectivity index (χ0v) is 16.4. The summed E-state index contributed by atoms with van der Waals surface area (Å²) in [7, 11) is 0. The maximum absolute atomic E-state index is 12.3. The van der Waals surface area contributed by atoms with Crippen molar-refractivity contribution < 1.29 is 9.53 Å². The fraction of sp³-hybridized carbons (Fsp3) is 0.318. The van der Waals surface area contributed by atoms with Crippen molar-refractivity contribution in [2.75, 3.05) is 11.5 Å². The maximum Gasteiger partial charge on any atom is 0.265 e. The van der Waals surface area contributed by atoms with Crippen LogP contribution in [0.3, 0.4) is 0 Å². The molecule has 28 heavy (non-hydrogen) atoms. The Hall–Kier alpha value is -3.15. The van der Waals surface area contributed by atoms with Gasteiger partial charge in [-0.2, -0.15) is 0 Å². The second-order valence-corrected chi connectivity index (χ2v) is 8.09. The first-order chi connectivity index (χ1) is 13.4. The number of hydrogen-bond acceptors (Lipinski definition) is 4. The lowest BCUT2D eigenvalue weighted by Gasteiger charge is -2.28. The molecular formula is C22H24N4O2. The molecule has 2 heterocycles. The number of carbonyl (C=O) groups excluding carboxylic acids is 1. The molecule has 1 aliphatic heterocycles. The Morgan fingerprint density at radius 2 is 1.79 bits per heavy atom. The molecule has 1 aliphatic rings. The zero-order valence-electron chi connectivity index (χ0n) is 16.4. The van der Waals surface area contributed by atoms with Gasteiger partial charge in [0.1, 0.15) is 11.4 Å². The SMILES string of the molecule is CC(C)(C)c1ccc(Cn2cc(CN3C(=O)COc4ccccc43)nn2)cc1. The number of carbonyl (C=O) groups is 1. The summed E-state index contributed by atoms with van der Waals surface area (Å²) in [4.78, 5) is 14.0. The molecule has 0 saturated heterocycles. The van der Waals surface area contributed by atoms with Gasteiger partial charge in [-0.25, -0.2) is 4.68 Å². The summed E-state index contributed by atoms with van der Waals surface area (Å²) in [5.74, 6) is 0.638. The molecule has 0 spiro atoms. The van der Waals surface area contributed by atoms with Crippen molar-refractivity contribution in [1.29, 1.82) is 0 Å². The standard InChI is InChI=1S/C22H24N4O2/c1-22(2,3)17-10-8-16(9-11-17)12-25-13-18(23-24-25)14-26-19-6-4-5-7-20(19)28-15-21(26)27/h4-11,13H,12,14-15H2,1-3H3. The van der Waals surface area contributed by atoms with Gasteiger partial charge < -0.3 is 4.74 Å². The molecule has 0 unspecified atom stereocenters. The molecule has 0 aliphatic carbocycles. The number of nitrogens with zero attached hydrogens (tertiary/aromatic N) is 4. The molecule has 1 aromatic heterocycles. The Kier molecular flexibility index (Phi) is 4.63. The van der Waals surface area contributed by atoms with Crippen LogP contribution in [0.15, 0.2) is 54.7 Å². The van der Waals surface area contributed by atoms with E-state index in [4.69, 9.17) is 4.74 Å². The van der Waals surface area contributed by atoms with E-state index in [0.717, 1.165) is 16.9 Å². The lowest BCUT2D eigenvalue weighted by molar-refractivity contribution is -0.121. The third kappa shape index (κ3) is 3.76. The number of ether oxygens (including phenoxy) is 1. The third-order valence-corrected chi connectivity index (χ3v) is 4.88. The van der Waals surface area contributed by atoms with E-state index in [0.29, 0.717) is 18.8 Å². The summed E-state index contributed by atoms with van der Waals surface area (Å²) in [5.41, 5.74) is 4.12. The minimum absolute atomic E-state index is 0.0469. The third-order valence-electron chi connectivity index (χ3n) is 4.88. The molecule has 6 heteroatoms. The van der Waals surface area contributed by atoms with Crippen molar-refractivity contribution in [2.24, 2.45) is 0 Å². The average Bonchev–Trinajstić information content (AvgIpc) is 3.11. The van der Waals surface area contributed by atoms with Crippen molar-refractivity contribution in [3.63, 3.8) is 0 Å². The second kappa shape index (κ2) is 7.11. The Morgan fingerprint density at radius 3 is 2.54 bits per heavy atom. The first-order valence-corrected chi connectivity index (χ1v) is 9.41. The molecule has 4 rings (SSSR count). The molecule has 0 N–H and O–H groups in total. The van der Waals surface area contributed by atoms with Crippen LogP contribution in [0.5, 0.6) is 5.75 Å². The molecule has 0 bridgehead atoms. The molecule has 0 saturated carbocycles. The van der Waals surface area contributed by atoms with Crippen LogP contribution in [0.2, 0.25) is 0 Å². The maximum atomic E-state index is 12.3. The Labute approximate surface area is 164 Å². The molecule has 3 aromatic rings. The highest BCUT2D eigenvalue weighted by Crippen LogP contribution is 2.32. The van der Waals surface area contributed by atoms with E-state index in [1.54, 1.807) is 9.58 Å². The lowest BCUT2D eigenvalue weighted by atomic mass is 9.87. The fourth-order valence-corrected chi connectivity index (χ4v) is 3.27. The summed E-state index contributed by atoms with van der Waals surface area (Å²) < 4.78 is 7.29. The predicted molar refractivity (Wildman–Crippen MR) is 107 cm³/mol. The zero-order chi connectivity index (χ0) is 19.7. The van der Waals surface area contributed by atoms with Crippen LogP contribution in [0.25, 0.3) is 0 Å². The van der Waals surface area contributed by atoms with Crippen molar-refractivity contribution in [2.45, 2.75) is 39.3 Å². The topological polar surface area (TPSA) is 60.2 Å². The first kappa shape index (κ1) is 18.2. The van der Waals surface area contributed by atoms with Crippen molar-refractivity contribution in [1.82, 2.24) is 15.0 Å². The normalized spacial score (nSPS) is 14.0. The van der Waals surface area contributed by atoms with Crippen LogP contribution in [0.4, 0.5) is 5.69 Å². The number of hydrogen-bond donors (Lipinski definition) is 0. The summed E-state index contributed by atoms with van der Waals surface area (Å²) in [6.45, 7) is 7.68. The quantitative estimate of drug-likeness (QED) is 0.699. The van der Waals surface area contributed by atoms with Crippen LogP contribution in [-0.2, 0) is 23.3 Å². The van der Waals surface area contributed by atoms with Gasteiger partial charge in [-0.3, -0.25) is 9.69 Å². The molecule has 0 fully saturated rings. The highest BCUT2D eigenvalue weighted by Gasteiger charge is 2.26. The van der Waals surface area contributed by atoms with Gasteiger partial charge in [-0.1, -0.05) is 62.4 Å². The fourth-order valence-electron chi connectivity index (χ4n) is 3.27. The first-order valence-electron chi connectivity index (χ1n) is 9.41. The van der Waals surface area contributed by atoms with Gasteiger partial charge in [0.05, 0.1) is 25.0 Å². The molecule has 0 atom stereocenters. The van der Waals surface area contributed by atoms with Crippen LogP contribution >= 0.6 is 0 Å². The van der Waals surface area contributed by atoms with Crippen LogP contribution in [0.1, 0.15) is 37.6 Å². The lowest BCUT2D eigenvalue weighted by Crippen LogP contribution is -2.38. The average molecular weight is 376 g/mol. The van der Waals surface area contributed by atoms with Gasteiger partial charge in [0.25, 0.3) is 5.91 Å². The summed E-state index contributed by atoms with van der Waals surface area (Å²) in [6, 6.07) is 16.1. The second-order valence-electron chi connectivity index (χ2n) is 8.09. The number of fused-ring (bicyclic) bond motifs is 1. The van der Waals surface area contributed by atoms with E-state index in [9.17, 15) is 4.79 Å². The number of amides is 1. The molecule has 2 aromatic carbocycles. The Balaban J connectivity index is 1.47. The van der Waals surface area contributed by atoms with Crippen molar-refractivity contribution >= 4 is 11.6 Å². The highest BCUT2D eigenvalue weighted by atomic mass is 16.5. The number of para-hydroxylation sites is 2.